The Balaban J connectivity index is 1.38. The molecule has 12 heteroatoms. The average Bonchev–Trinajstić information content (AvgIpc) is 3.22. The molecule has 4 rings (SSSR count). The van der Waals surface area contributed by atoms with Crippen molar-refractivity contribution in [3.63, 3.8) is 0 Å². The van der Waals surface area contributed by atoms with Gasteiger partial charge in [0.05, 0.1) is 17.5 Å². The zero-order chi connectivity index (χ0) is 29.4. The standard InChI is InChI=1S/C28H38F2N6O4/c1-15-9-17(37)14-36(15)27(40)25(28(2,3)4)32-24(39)10-16-5-7-35(8-6-16)22-13-21(33-34-26(22)31)18-11-19(29)20(30)12-23(18)38/h11-13,15-17,25,37-38H,5-10,14H2,1-4H3,(H2,31,34)(H,32,39)/t15-,17-,25-/m1/s1. The van der Waals surface area contributed by atoms with E-state index >= 15 is 0 Å². The number of anilines is 2. The number of nitrogens with zero attached hydrogens (tertiary/aromatic N) is 4. The molecule has 2 fully saturated rings. The molecule has 5 N–H and O–H groups in total. The van der Waals surface area contributed by atoms with Crippen molar-refractivity contribution in [2.24, 2.45) is 11.3 Å². The van der Waals surface area contributed by atoms with Crippen LogP contribution in [0.4, 0.5) is 20.3 Å². The average molecular weight is 561 g/mol. The number of aromatic nitrogens is 2. The van der Waals surface area contributed by atoms with Gasteiger partial charge in [0, 0.05) is 43.7 Å². The predicted molar refractivity (Wildman–Crippen MR) is 146 cm³/mol. The van der Waals surface area contributed by atoms with Gasteiger partial charge in [0.1, 0.15) is 11.8 Å². The molecule has 1 aromatic carbocycles. The third-order valence-electron chi connectivity index (χ3n) is 7.80. The van der Waals surface area contributed by atoms with Crippen LogP contribution in [0.1, 0.15) is 53.4 Å². The zero-order valence-electron chi connectivity index (χ0n) is 23.3. The van der Waals surface area contributed by atoms with E-state index in [1.54, 1.807) is 11.0 Å². The first-order chi connectivity index (χ1) is 18.7. The predicted octanol–water partition coefficient (Wildman–Crippen LogP) is 2.83. The molecule has 3 heterocycles. The lowest BCUT2D eigenvalue weighted by Gasteiger charge is -2.36. The molecule has 2 aliphatic rings. The molecule has 0 unspecified atom stereocenters. The van der Waals surface area contributed by atoms with E-state index in [9.17, 15) is 28.6 Å². The lowest BCUT2D eigenvalue weighted by Crippen LogP contribution is -2.55. The monoisotopic (exact) mass is 560 g/mol. The van der Waals surface area contributed by atoms with Crippen molar-refractivity contribution in [1.82, 2.24) is 20.4 Å². The number of aromatic hydroxyl groups is 1. The van der Waals surface area contributed by atoms with Crippen LogP contribution in [0.15, 0.2) is 18.2 Å². The van der Waals surface area contributed by atoms with Gasteiger partial charge < -0.3 is 31.1 Å². The van der Waals surface area contributed by atoms with Crippen LogP contribution < -0.4 is 16.0 Å². The van der Waals surface area contributed by atoms with Crippen molar-refractivity contribution in [3.8, 4) is 17.0 Å². The molecule has 2 aliphatic heterocycles. The van der Waals surface area contributed by atoms with Gasteiger partial charge in [-0.1, -0.05) is 20.8 Å². The minimum atomic E-state index is -1.17. The number of aliphatic hydroxyl groups is 1. The quantitative estimate of drug-likeness (QED) is 0.422. The number of amides is 2. The van der Waals surface area contributed by atoms with Gasteiger partial charge in [0.2, 0.25) is 11.8 Å². The Morgan fingerprint density at radius 2 is 1.80 bits per heavy atom. The van der Waals surface area contributed by atoms with E-state index in [0.717, 1.165) is 6.07 Å². The lowest BCUT2D eigenvalue weighted by molar-refractivity contribution is -0.140. The fraction of sp³-hybridized carbons (Fsp3) is 0.571. The molecule has 2 aromatic rings. The Labute approximate surface area is 232 Å². The highest BCUT2D eigenvalue weighted by Gasteiger charge is 2.40. The Morgan fingerprint density at radius 1 is 1.15 bits per heavy atom. The van der Waals surface area contributed by atoms with Crippen LogP contribution in [0.2, 0.25) is 0 Å². The van der Waals surface area contributed by atoms with Gasteiger partial charge in [-0.2, -0.15) is 0 Å². The second-order valence-corrected chi connectivity index (χ2v) is 12.0. The highest BCUT2D eigenvalue weighted by molar-refractivity contribution is 5.89. The lowest BCUT2D eigenvalue weighted by atomic mass is 9.85. The van der Waals surface area contributed by atoms with Gasteiger partial charge in [-0.3, -0.25) is 9.59 Å². The topological polar surface area (TPSA) is 145 Å². The van der Waals surface area contributed by atoms with Crippen LogP contribution >= 0.6 is 0 Å². The molecule has 0 bridgehead atoms. The van der Waals surface area contributed by atoms with E-state index in [-0.39, 0.29) is 53.8 Å². The highest BCUT2D eigenvalue weighted by atomic mass is 19.2. The number of phenolic OH excluding ortho intramolecular Hbond substituents is 1. The number of halogens is 2. The smallest absolute Gasteiger partial charge is 0.246 e. The normalized spacial score (nSPS) is 21.0. The molecule has 3 atom stereocenters. The van der Waals surface area contributed by atoms with E-state index in [1.165, 1.54) is 0 Å². The molecule has 40 heavy (non-hydrogen) atoms. The maximum atomic E-state index is 13.8. The molecule has 0 aliphatic carbocycles. The first kappa shape index (κ1) is 29.4. The number of benzene rings is 1. The maximum absolute atomic E-state index is 13.8. The third-order valence-corrected chi connectivity index (χ3v) is 7.80. The van der Waals surface area contributed by atoms with E-state index in [4.69, 9.17) is 5.73 Å². The summed E-state index contributed by atoms with van der Waals surface area (Å²) in [5, 5.41) is 30.9. The number of β-amino-alcohol motifs (C(OH)–C–C–N with tert-alkyl or cyclic N) is 1. The number of likely N-dealkylation sites (tertiary alicyclic amines) is 1. The number of hydrogen-bond donors (Lipinski definition) is 4. The van der Waals surface area contributed by atoms with E-state index in [0.29, 0.717) is 44.1 Å². The fourth-order valence-electron chi connectivity index (χ4n) is 5.50. The number of hydrogen-bond acceptors (Lipinski definition) is 8. The molecule has 1 aromatic heterocycles. The van der Waals surface area contributed by atoms with Crippen molar-refractivity contribution < 1.29 is 28.6 Å². The van der Waals surface area contributed by atoms with Gasteiger partial charge in [-0.25, -0.2) is 8.78 Å². The molecular weight excluding hydrogens is 522 g/mol. The van der Waals surface area contributed by atoms with E-state index in [1.807, 2.05) is 32.6 Å². The Morgan fingerprint density at radius 3 is 2.40 bits per heavy atom. The second kappa shape index (κ2) is 11.5. The second-order valence-electron chi connectivity index (χ2n) is 12.0. The van der Waals surface area contributed by atoms with Crippen molar-refractivity contribution >= 4 is 23.3 Å². The van der Waals surface area contributed by atoms with Crippen LogP contribution in [-0.2, 0) is 9.59 Å². The summed E-state index contributed by atoms with van der Waals surface area (Å²) in [6, 6.07) is 2.34. The Kier molecular flexibility index (Phi) is 8.48. The van der Waals surface area contributed by atoms with Crippen LogP contribution in [0.3, 0.4) is 0 Å². The van der Waals surface area contributed by atoms with Crippen LogP contribution in [0, 0.1) is 23.0 Å². The summed E-state index contributed by atoms with van der Waals surface area (Å²) in [5.74, 6) is -2.87. The number of nitrogens with two attached hydrogens (primary N) is 1. The number of carbonyl (C=O) groups excluding carboxylic acids is 2. The maximum Gasteiger partial charge on any atom is 0.246 e. The van der Waals surface area contributed by atoms with Crippen molar-refractivity contribution in [3.05, 3.63) is 29.8 Å². The minimum absolute atomic E-state index is 0.00000906. The number of aliphatic hydroxyl groups excluding tert-OH is 1. The van der Waals surface area contributed by atoms with Crippen LogP contribution in [0.5, 0.6) is 5.75 Å². The number of phenols is 1. The van der Waals surface area contributed by atoms with Gasteiger partial charge >= 0.3 is 0 Å². The molecular formula is C28H38F2N6O4. The summed E-state index contributed by atoms with van der Waals surface area (Å²) < 4.78 is 27.2. The highest BCUT2D eigenvalue weighted by Crippen LogP contribution is 2.35. The van der Waals surface area contributed by atoms with Gasteiger partial charge in [0.15, 0.2) is 17.5 Å². The number of nitrogen functional groups attached to an aromatic ring is 1. The van der Waals surface area contributed by atoms with Gasteiger partial charge in [0.25, 0.3) is 0 Å². The molecule has 0 spiro atoms. The molecule has 2 amide bonds. The largest absolute Gasteiger partial charge is 0.507 e. The summed E-state index contributed by atoms with van der Waals surface area (Å²) in [5.41, 5.74) is 6.27. The van der Waals surface area contributed by atoms with Gasteiger partial charge in [-0.05, 0) is 49.7 Å². The summed E-state index contributed by atoms with van der Waals surface area (Å²) in [7, 11) is 0. The summed E-state index contributed by atoms with van der Waals surface area (Å²) >= 11 is 0. The van der Waals surface area contributed by atoms with E-state index in [2.05, 4.69) is 15.5 Å². The van der Waals surface area contributed by atoms with Crippen molar-refractivity contribution in [1.29, 1.82) is 0 Å². The van der Waals surface area contributed by atoms with Gasteiger partial charge in [-0.15, -0.1) is 10.2 Å². The van der Waals surface area contributed by atoms with Crippen molar-refractivity contribution in [2.45, 2.75) is 71.6 Å². The summed E-state index contributed by atoms with van der Waals surface area (Å²) in [4.78, 5) is 30.0. The zero-order valence-corrected chi connectivity index (χ0v) is 23.3. The van der Waals surface area contributed by atoms with Crippen LogP contribution in [-0.4, -0.2) is 74.9 Å². The van der Waals surface area contributed by atoms with E-state index < -0.39 is 34.9 Å². The van der Waals surface area contributed by atoms with Crippen LogP contribution in [0.25, 0.3) is 11.3 Å². The minimum Gasteiger partial charge on any atom is -0.507 e. The number of nitrogens with one attached hydrogen (secondary N) is 1. The molecule has 10 nitrogen and oxygen atoms in total. The third kappa shape index (κ3) is 6.43. The number of rotatable bonds is 6. The van der Waals surface area contributed by atoms with Crippen molar-refractivity contribution in [2.75, 3.05) is 30.3 Å². The molecule has 0 radical (unpaired) electrons. The number of carbonyl (C=O) groups is 2. The molecule has 218 valence electrons. The number of piperidine rings is 1. The molecule has 0 saturated carbocycles. The first-order valence-electron chi connectivity index (χ1n) is 13.6. The SMILES string of the molecule is C[C@@H]1C[C@@H](O)CN1C(=O)[C@@H](NC(=O)CC1CCN(c2cc(-c3cc(F)c(F)cc3O)nnc2N)CC1)C(C)(C)C. The fourth-order valence-corrected chi connectivity index (χ4v) is 5.50. The summed E-state index contributed by atoms with van der Waals surface area (Å²) in [6.07, 6.45) is 1.61. The first-order valence-corrected chi connectivity index (χ1v) is 13.6. The summed E-state index contributed by atoms with van der Waals surface area (Å²) in [6.45, 7) is 9.04. The Hall–Kier alpha value is -3.54. The molecule has 2 saturated heterocycles. The Bertz CT molecular complexity index is 1260.